The topological polar surface area (TPSA) is 64.2 Å². The third kappa shape index (κ3) is 3.19. The fourth-order valence-electron chi connectivity index (χ4n) is 3.23. The van der Waals surface area contributed by atoms with Crippen LogP contribution in [-0.2, 0) is 0 Å². The lowest BCUT2D eigenvalue weighted by Gasteiger charge is -2.31. The van der Waals surface area contributed by atoms with Gasteiger partial charge in [-0.2, -0.15) is 5.10 Å². The van der Waals surface area contributed by atoms with Crippen LogP contribution >= 0.6 is 0 Å². The van der Waals surface area contributed by atoms with Crippen LogP contribution in [0.25, 0.3) is 5.69 Å². The standard InChI is InChI=1S/C18H23FN4O/c1-12(2)17-16(18(24)22-9-3-4-14(20)11-22)10-21-23(17)15-7-5-13(19)6-8-15/h5-8,10,12,14H,3-4,9,11,20H2,1-2H3. The quantitative estimate of drug-likeness (QED) is 0.941. The number of rotatable bonds is 3. The first kappa shape index (κ1) is 16.6. The number of nitrogens with two attached hydrogens (primary N) is 1. The minimum absolute atomic E-state index is 0.0257. The fourth-order valence-corrected chi connectivity index (χ4v) is 3.23. The Morgan fingerprint density at radius 1 is 1.33 bits per heavy atom. The van der Waals surface area contributed by atoms with Gasteiger partial charge in [0.2, 0.25) is 0 Å². The number of hydrogen-bond acceptors (Lipinski definition) is 3. The van der Waals surface area contributed by atoms with E-state index in [1.807, 2.05) is 18.7 Å². The van der Waals surface area contributed by atoms with E-state index in [1.165, 1.54) is 12.1 Å². The average molecular weight is 330 g/mol. The maximum Gasteiger partial charge on any atom is 0.257 e. The number of hydrogen-bond donors (Lipinski definition) is 1. The molecule has 1 atom stereocenters. The van der Waals surface area contributed by atoms with E-state index in [0.717, 1.165) is 30.8 Å². The zero-order valence-corrected chi connectivity index (χ0v) is 14.1. The van der Waals surface area contributed by atoms with Gasteiger partial charge in [-0.15, -0.1) is 0 Å². The molecule has 24 heavy (non-hydrogen) atoms. The van der Waals surface area contributed by atoms with Crippen LogP contribution in [0.5, 0.6) is 0 Å². The molecular formula is C18H23FN4O. The Kier molecular flexibility index (Phi) is 4.66. The summed E-state index contributed by atoms with van der Waals surface area (Å²) < 4.78 is 14.9. The average Bonchev–Trinajstić information content (AvgIpc) is 3.00. The molecule has 1 aromatic heterocycles. The van der Waals surface area contributed by atoms with Crippen LogP contribution in [0.15, 0.2) is 30.5 Å². The van der Waals surface area contributed by atoms with Crippen LogP contribution in [0.1, 0.15) is 48.7 Å². The Labute approximate surface area is 141 Å². The predicted octanol–water partition coefficient (Wildman–Crippen LogP) is 2.70. The number of aromatic nitrogens is 2. The number of piperidine rings is 1. The summed E-state index contributed by atoms with van der Waals surface area (Å²) in [5.41, 5.74) is 8.18. The molecule has 0 spiro atoms. The van der Waals surface area contributed by atoms with Gasteiger partial charge in [0.15, 0.2) is 0 Å². The number of halogens is 1. The molecule has 5 nitrogen and oxygen atoms in total. The fraction of sp³-hybridized carbons (Fsp3) is 0.444. The maximum absolute atomic E-state index is 13.2. The van der Waals surface area contributed by atoms with Crippen molar-refractivity contribution in [2.75, 3.05) is 13.1 Å². The van der Waals surface area contributed by atoms with Crippen molar-refractivity contribution in [2.24, 2.45) is 5.73 Å². The van der Waals surface area contributed by atoms with E-state index in [1.54, 1.807) is 23.0 Å². The van der Waals surface area contributed by atoms with Gasteiger partial charge in [-0.3, -0.25) is 4.79 Å². The van der Waals surface area contributed by atoms with Crippen LogP contribution in [0.3, 0.4) is 0 Å². The zero-order valence-electron chi connectivity index (χ0n) is 14.1. The van der Waals surface area contributed by atoms with Crippen molar-refractivity contribution in [1.82, 2.24) is 14.7 Å². The first-order chi connectivity index (χ1) is 11.5. The van der Waals surface area contributed by atoms with E-state index < -0.39 is 0 Å². The van der Waals surface area contributed by atoms with Crippen molar-refractivity contribution in [3.8, 4) is 5.69 Å². The first-order valence-electron chi connectivity index (χ1n) is 8.36. The molecule has 1 unspecified atom stereocenters. The second kappa shape index (κ2) is 6.73. The summed E-state index contributed by atoms with van der Waals surface area (Å²) in [6.45, 7) is 5.36. The van der Waals surface area contributed by atoms with Crippen molar-refractivity contribution in [2.45, 2.75) is 38.6 Å². The number of benzene rings is 1. The summed E-state index contributed by atoms with van der Waals surface area (Å²) in [4.78, 5) is 14.7. The first-order valence-corrected chi connectivity index (χ1v) is 8.36. The predicted molar refractivity (Wildman–Crippen MR) is 90.7 cm³/mol. The van der Waals surface area contributed by atoms with Gasteiger partial charge >= 0.3 is 0 Å². The van der Waals surface area contributed by atoms with Crippen LogP contribution in [0.4, 0.5) is 4.39 Å². The molecule has 1 aliphatic rings. The van der Waals surface area contributed by atoms with E-state index in [9.17, 15) is 9.18 Å². The van der Waals surface area contributed by atoms with E-state index in [2.05, 4.69) is 5.10 Å². The lowest BCUT2D eigenvalue weighted by Crippen LogP contribution is -2.45. The van der Waals surface area contributed by atoms with Gasteiger partial charge in [-0.1, -0.05) is 13.8 Å². The Hall–Kier alpha value is -2.21. The van der Waals surface area contributed by atoms with Gasteiger partial charge < -0.3 is 10.6 Å². The molecule has 1 aromatic carbocycles. The van der Waals surface area contributed by atoms with Gasteiger partial charge in [0, 0.05) is 19.1 Å². The molecule has 0 radical (unpaired) electrons. The number of carbonyl (C=O) groups excluding carboxylic acids is 1. The molecule has 1 saturated heterocycles. The third-order valence-corrected chi connectivity index (χ3v) is 4.40. The van der Waals surface area contributed by atoms with Crippen molar-refractivity contribution in [3.63, 3.8) is 0 Å². The van der Waals surface area contributed by atoms with Gasteiger partial charge in [0.1, 0.15) is 5.82 Å². The largest absolute Gasteiger partial charge is 0.337 e. The molecule has 1 amide bonds. The minimum Gasteiger partial charge on any atom is -0.337 e. The van der Waals surface area contributed by atoms with Crippen LogP contribution in [0, 0.1) is 5.82 Å². The Morgan fingerprint density at radius 2 is 2.04 bits per heavy atom. The molecule has 1 aliphatic heterocycles. The smallest absolute Gasteiger partial charge is 0.257 e. The van der Waals surface area contributed by atoms with Crippen molar-refractivity contribution < 1.29 is 9.18 Å². The van der Waals surface area contributed by atoms with Gasteiger partial charge in [-0.05, 0) is 43.0 Å². The summed E-state index contributed by atoms with van der Waals surface area (Å²) in [7, 11) is 0. The number of likely N-dealkylation sites (tertiary alicyclic amines) is 1. The van der Waals surface area contributed by atoms with Gasteiger partial charge in [0.25, 0.3) is 5.91 Å². The Morgan fingerprint density at radius 3 is 2.67 bits per heavy atom. The van der Waals surface area contributed by atoms with E-state index in [-0.39, 0.29) is 23.7 Å². The number of carbonyl (C=O) groups is 1. The molecule has 1 fully saturated rings. The number of amides is 1. The summed E-state index contributed by atoms with van der Waals surface area (Å²) in [6, 6.07) is 6.16. The molecule has 3 rings (SSSR count). The van der Waals surface area contributed by atoms with E-state index in [4.69, 9.17) is 5.73 Å². The summed E-state index contributed by atoms with van der Waals surface area (Å²) in [5.74, 6) is -0.215. The molecule has 0 bridgehead atoms. The highest BCUT2D eigenvalue weighted by atomic mass is 19.1. The maximum atomic E-state index is 13.2. The lowest BCUT2D eigenvalue weighted by atomic mass is 10.0. The van der Waals surface area contributed by atoms with Crippen molar-refractivity contribution in [3.05, 3.63) is 47.5 Å². The Balaban J connectivity index is 1.97. The third-order valence-electron chi connectivity index (χ3n) is 4.40. The van der Waals surface area contributed by atoms with Gasteiger partial charge in [0.05, 0.1) is 23.1 Å². The molecular weight excluding hydrogens is 307 g/mol. The van der Waals surface area contributed by atoms with Crippen molar-refractivity contribution in [1.29, 1.82) is 0 Å². The lowest BCUT2D eigenvalue weighted by molar-refractivity contribution is 0.0707. The molecule has 2 heterocycles. The highest BCUT2D eigenvalue weighted by Gasteiger charge is 2.27. The second-order valence-corrected chi connectivity index (χ2v) is 6.64. The summed E-state index contributed by atoms with van der Waals surface area (Å²) in [5, 5.41) is 4.39. The molecule has 2 aromatic rings. The van der Waals surface area contributed by atoms with Gasteiger partial charge in [-0.25, -0.2) is 9.07 Å². The molecule has 128 valence electrons. The monoisotopic (exact) mass is 330 g/mol. The molecule has 0 aliphatic carbocycles. The molecule has 6 heteroatoms. The van der Waals surface area contributed by atoms with E-state index >= 15 is 0 Å². The van der Waals surface area contributed by atoms with Crippen molar-refractivity contribution >= 4 is 5.91 Å². The molecule has 2 N–H and O–H groups in total. The molecule has 0 saturated carbocycles. The van der Waals surface area contributed by atoms with E-state index in [0.29, 0.717) is 12.1 Å². The minimum atomic E-state index is -0.296. The van der Waals surface area contributed by atoms with Crippen LogP contribution < -0.4 is 5.73 Å². The Bertz CT molecular complexity index is 723. The zero-order chi connectivity index (χ0) is 17.3. The second-order valence-electron chi connectivity index (χ2n) is 6.64. The van der Waals surface area contributed by atoms with Crippen LogP contribution in [-0.4, -0.2) is 39.7 Å². The SMILES string of the molecule is CC(C)c1c(C(=O)N2CCCC(N)C2)cnn1-c1ccc(F)cc1. The normalized spacial score (nSPS) is 18.2. The highest BCUT2D eigenvalue weighted by molar-refractivity contribution is 5.95. The highest BCUT2D eigenvalue weighted by Crippen LogP contribution is 2.25. The van der Waals surface area contributed by atoms with Crippen LogP contribution in [0.2, 0.25) is 0 Å². The summed E-state index contributed by atoms with van der Waals surface area (Å²) in [6.07, 6.45) is 3.49. The summed E-state index contributed by atoms with van der Waals surface area (Å²) >= 11 is 0. The number of nitrogens with zero attached hydrogens (tertiary/aromatic N) is 3.